The second-order valence-electron chi connectivity index (χ2n) is 8.17. The Balaban J connectivity index is 1.49. The van der Waals surface area contributed by atoms with Crippen molar-refractivity contribution in [3.05, 3.63) is 0 Å². The van der Waals surface area contributed by atoms with Gasteiger partial charge in [-0.15, -0.1) is 0 Å². The molecule has 0 aromatic carbocycles. The third-order valence-corrected chi connectivity index (χ3v) is 7.36. The van der Waals surface area contributed by atoms with Gasteiger partial charge in [0.25, 0.3) is 0 Å². The lowest BCUT2D eigenvalue weighted by molar-refractivity contribution is -0.160. The van der Waals surface area contributed by atoms with Gasteiger partial charge in [-0.3, -0.25) is 9.59 Å². The number of carbonyl (C=O) groups excluding carboxylic acids is 1. The van der Waals surface area contributed by atoms with Crippen LogP contribution in [0.15, 0.2) is 0 Å². The molecule has 0 aliphatic heterocycles. The first-order valence-electron chi connectivity index (χ1n) is 8.94. The van der Waals surface area contributed by atoms with Crippen molar-refractivity contribution in [2.24, 2.45) is 47.3 Å². The summed E-state index contributed by atoms with van der Waals surface area (Å²) < 4.78 is 5.82. The highest BCUT2D eigenvalue weighted by Crippen LogP contribution is 2.69. The third-order valence-electron chi connectivity index (χ3n) is 7.36. The van der Waals surface area contributed by atoms with Gasteiger partial charge in [-0.25, -0.2) is 0 Å². The second-order valence-corrected chi connectivity index (χ2v) is 8.17. The number of esters is 1. The molecule has 4 fully saturated rings. The summed E-state index contributed by atoms with van der Waals surface area (Å²) in [7, 11) is 0. The Hall–Kier alpha value is -1.06. The number of carboxylic acids is 1. The summed E-state index contributed by atoms with van der Waals surface area (Å²) in [4.78, 5) is 23.6. The smallest absolute Gasteiger partial charge is 0.308 e. The lowest BCUT2D eigenvalue weighted by Gasteiger charge is -2.40. The molecule has 0 radical (unpaired) electrons. The summed E-state index contributed by atoms with van der Waals surface area (Å²) in [5, 5.41) is 9.46. The molecule has 122 valence electrons. The van der Waals surface area contributed by atoms with Gasteiger partial charge in [0.2, 0.25) is 0 Å². The van der Waals surface area contributed by atoms with Gasteiger partial charge < -0.3 is 9.84 Å². The van der Waals surface area contributed by atoms with Crippen molar-refractivity contribution in [3.63, 3.8) is 0 Å². The molecule has 4 nitrogen and oxygen atoms in total. The van der Waals surface area contributed by atoms with Gasteiger partial charge >= 0.3 is 11.9 Å². The SMILES string of the molecule is CCC(C)C(=O)OC1CC2CC1C1C3CC(CC3C(=O)O)C21. The Morgan fingerprint density at radius 2 is 1.77 bits per heavy atom. The lowest BCUT2D eigenvalue weighted by atomic mass is 9.67. The summed E-state index contributed by atoms with van der Waals surface area (Å²) in [6.07, 6.45) is 5.05. The fourth-order valence-corrected chi connectivity index (χ4v) is 6.39. The van der Waals surface area contributed by atoms with Crippen LogP contribution < -0.4 is 0 Å². The molecular weight excluding hydrogens is 280 g/mol. The molecule has 0 heterocycles. The molecule has 0 amide bonds. The standard InChI is InChI=1S/C18H26O4/c1-3-8(2)18(21)22-14-7-10-6-13(14)16-11-4-9(15(10)16)5-12(11)17(19)20/h8-16H,3-7H2,1-2H3,(H,19,20). The number of carbonyl (C=O) groups is 2. The number of hydrogen-bond acceptors (Lipinski definition) is 3. The number of hydrogen-bond donors (Lipinski definition) is 1. The quantitative estimate of drug-likeness (QED) is 0.640. The first kappa shape index (κ1) is 14.5. The molecule has 4 rings (SSSR count). The van der Waals surface area contributed by atoms with Crippen LogP contribution in [0.25, 0.3) is 0 Å². The van der Waals surface area contributed by atoms with Gasteiger partial charge in [0.05, 0.1) is 11.8 Å². The average molecular weight is 306 g/mol. The molecule has 0 aromatic rings. The van der Waals surface area contributed by atoms with E-state index in [-0.39, 0.29) is 23.9 Å². The minimum absolute atomic E-state index is 0.0262. The van der Waals surface area contributed by atoms with Crippen molar-refractivity contribution in [3.8, 4) is 0 Å². The molecule has 4 aliphatic rings. The Morgan fingerprint density at radius 3 is 2.45 bits per heavy atom. The monoisotopic (exact) mass is 306 g/mol. The Bertz CT molecular complexity index is 501. The van der Waals surface area contributed by atoms with E-state index in [1.165, 1.54) is 0 Å². The highest BCUT2D eigenvalue weighted by molar-refractivity contribution is 5.72. The summed E-state index contributed by atoms with van der Waals surface area (Å²) in [5.74, 6) is 2.46. The zero-order chi connectivity index (χ0) is 15.6. The molecule has 4 saturated carbocycles. The van der Waals surface area contributed by atoms with Gasteiger partial charge in [-0.05, 0) is 67.6 Å². The molecular formula is C18H26O4. The van der Waals surface area contributed by atoms with Gasteiger partial charge in [-0.2, -0.15) is 0 Å². The number of rotatable bonds is 4. The predicted molar refractivity (Wildman–Crippen MR) is 79.9 cm³/mol. The number of carboxylic acid groups (broad SMARTS) is 1. The van der Waals surface area contributed by atoms with Crippen LogP contribution in [0.5, 0.6) is 0 Å². The van der Waals surface area contributed by atoms with Crippen LogP contribution in [0.4, 0.5) is 0 Å². The maximum atomic E-state index is 12.1. The Morgan fingerprint density at radius 1 is 1.09 bits per heavy atom. The fraction of sp³-hybridized carbons (Fsp3) is 0.889. The highest BCUT2D eigenvalue weighted by Gasteiger charge is 2.66. The maximum absolute atomic E-state index is 12.1. The van der Waals surface area contributed by atoms with E-state index in [0.717, 1.165) is 38.0 Å². The lowest BCUT2D eigenvalue weighted by Crippen LogP contribution is -2.41. The molecule has 4 bridgehead atoms. The van der Waals surface area contributed by atoms with Gasteiger partial charge in [-0.1, -0.05) is 13.8 Å². The van der Waals surface area contributed by atoms with Crippen LogP contribution >= 0.6 is 0 Å². The number of ether oxygens (including phenoxy) is 1. The molecule has 4 aliphatic carbocycles. The van der Waals surface area contributed by atoms with Crippen molar-refractivity contribution in [1.29, 1.82) is 0 Å². The maximum Gasteiger partial charge on any atom is 0.308 e. The van der Waals surface area contributed by atoms with Gasteiger partial charge in [0, 0.05) is 0 Å². The summed E-state index contributed by atoms with van der Waals surface area (Å²) in [6.45, 7) is 3.94. The molecule has 1 N–H and O–H groups in total. The van der Waals surface area contributed by atoms with E-state index in [1.54, 1.807) is 0 Å². The molecule has 22 heavy (non-hydrogen) atoms. The second kappa shape index (κ2) is 4.97. The molecule has 0 saturated heterocycles. The molecule has 9 unspecified atom stereocenters. The van der Waals surface area contributed by atoms with Crippen LogP contribution in [0.1, 0.15) is 46.0 Å². The Labute approximate surface area is 131 Å². The Kier molecular flexibility index (Phi) is 3.28. The first-order valence-corrected chi connectivity index (χ1v) is 8.94. The first-order chi connectivity index (χ1) is 10.5. The zero-order valence-corrected chi connectivity index (χ0v) is 13.4. The predicted octanol–water partition coefficient (Wildman–Crippen LogP) is 2.96. The van der Waals surface area contributed by atoms with Gasteiger partial charge in [0.15, 0.2) is 0 Å². The van der Waals surface area contributed by atoms with E-state index in [9.17, 15) is 14.7 Å². The molecule has 9 atom stereocenters. The third kappa shape index (κ3) is 1.88. The summed E-state index contributed by atoms with van der Waals surface area (Å²) in [6, 6.07) is 0. The van der Waals surface area contributed by atoms with Crippen LogP contribution in [-0.4, -0.2) is 23.1 Å². The molecule has 0 spiro atoms. The van der Waals surface area contributed by atoms with E-state index < -0.39 is 5.97 Å². The minimum Gasteiger partial charge on any atom is -0.481 e. The highest BCUT2D eigenvalue weighted by atomic mass is 16.5. The minimum atomic E-state index is -0.609. The summed E-state index contributed by atoms with van der Waals surface area (Å²) in [5.41, 5.74) is 0. The largest absolute Gasteiger partial charge is 0.481 e. The molecule has 4 heteroatoms. The van der Waals surface area contributed by atoms with E-state index in [2.05, 4.69) is 0 Å². The number of fused-ring (bicyclic) bond motifs is 9. The average Bonchev–Trinajstić information content (AvgIpc) is 3.22. The van der Waals surface area contributed by atoms with Crippen molar-refractivity contribution in [2.45, 2.75) is 52.1 Å². The normalized spacial score (nSPS) is 49.2. The van der Waals surface area contributed by atoms with E-state index in [4.69, 9.17) is 4.74 Å². The van der Waals surface area contributed by atoms with Crippen molar-refractivity contribution in [2.75, 3.05) is 0 Å². The fourth-order valence-electron chi connectivity index (χ4n) is 6.39. The molecule has 0 aromatic heterocycles. The van der Waals surface area contributed by atoms with E-state index in [0.29, 0.717) is 29.6 Å². The summed E-state index contributed by atoms with van der Waals surface area (Å²) >= 11 is 0. The van der Waals surface area contributed by atoms with Crippen molar-refractivity contribution >= 4 is 11.9 Å². The topological polar surface area (TPSA) is 63.6 Å². The van der Waals surface area contributed by atoms with E-state index in [1.807, 2.05) is 13.8 Å². The van der Waals surface area contributed by atoms with Crippen LogP contribution in [-0.2, 0) is 14.3 Å². The van der Waals surface area contributed by atoms with Crippen LogP contribution in [0, 0.1) is 47.3 Å². The van der Waals surface area contributed by atoms with Gasteiger partial charge in [0.1, 0.15) is 6.10 Å². The van der Waals surface area contributed by atoms with Crippen LogP contribution in [0.2, 0.25) is 0 Å². The number of aliphatic carboxylic acids is 1. The van der Waals surface area contributed by atoms with Crippen molar-refractivity contribution < 1.29 is 19.4 Å². The van der Waals surface area contributed by atoms with Crippen molar-refractivity contribution in [1.82, 2.24) is 0 Å². The van der Waals surface area contributed by atoms with E-state index >= 15 is 0 Å². The zero-order valence-electron chi connectivity index (χ0n) is 13.4. The van der Waals surface area contributed by atoms with Crippen LogP contribution in [0.3, 0.4) is 0 Å².